The molecule has 0 aliphatic heterocycles. The largest absolute Gasteiger partial charge is 0.478 e. The summed E-state index contributed by atoms with van der Waals surface area (Å²) in [7, 11) is 1.56. The van der Waals surface area contributed by atoms with Gasteiger partial charge in [-0.2, -0.15) is 0 Å². The van der Waals surface area contributed by atoms with Crippen molar-refractivity contribution in [1.82, 2.24) is 9.88 Å². The molecule has 1 aromatic rings. The number of amides is 1. The van der Waals surface area contributed by atoms with Crippen molar-refractivity contribution in [3.8, 4) is 0 Å². The highest BCUT2D eigenvalue weighted by Gasteiger charge is 2.19. The Morgan fingerprint density at radius 2 is 2.21 bits per heavy atom. The lowest BCUT2D eigenvalue weighted by atomic mass is 10.1. The molecule has 0 aromatic carbocycles. The maximum atomic E-state index is 12.2. The Morgan fingerprint density at radius 1 is 1.53 bits per heavy atom. The summed E-state index contributed by atoms with van der Waals surface area (Å²) in [5.74, 6) is -1.47. The van der Waals surface area contributed by atoms with E-state index in [0.717, 1.165) is 6.08 Å². The maximum Gasteiger partial charge on any atom is 0.328 e. The van der Waals surface area contributed by atoms with Crippen molar-refractivity contribution >= 4 is 18.0 Å². The minimum atomic E-state index is -1.10. The van der Waals surface area contributed by atoms with Gasteiger partial charge >= 0.3 is 5.97 Å². The van der Waals surface area contributed by atoms with Gasteiger partial charge in [0.25, 0.3) is 5.91 Å². The van der Waals surface area contributed by atoms with E-state index in [2.05, 4.69) is 4.98 Å². The molecule has 0 bridgehead atoms. The molecule has 102 valence electrons. The van der Waals surface area contributed by atoms with Crippen LogP contribution in [0.1, 0.15) is 23.0 Å². The van der Waals surface area contributed by atoms with Crippen molar-refractivity contribution < 1.29 is 19.8 Å². The summed E-state index contributed by atoms with van der Waals surface area (Å²) < 4.78 is 0. The van der Waals surface area contributed by atoms with E-state index in [1.54, 1.807) is 26.1 Å². The number of pyridine rings is 1. The third kappa shape index (κ3) is 3.89. The highest BCUT2D eigenvalue weighted by atomic mass is 16.4. The van der Waals surface area contributed by atoms with Crippen LogP contribution in [0.15, 0.2) is 24.4 Å². The zero-order chi connectivity index (χ0) is 14.4. The van der Waals surface area contributed by atoms with Gasteiger partial charge in [0.05, 0.1) is 12.6 Å². The van der Waals surface area contributed by atoms with Gasteiger partial charge < -0.3 is 15.1 Å². The normalized spacial score (nSPS) is 12.4. The zero-order valence-electron chi connectivity index (χ0n) is 10.8. The first kappa shape index (κ1) is 14.8. The number of rotatable bonds is 5. The fourth-order valence-electron chi connectivity index (χ4n) is 1.38. The number of carboxylic acid groups (broad SMARTS) is 1. The summed E-state index contributed by atoms with van der Waals surface area (Å²) >= 11 is 0. The second kappa shape index (κ2) is 6.65. The first-order chi connectivity index (χ1) is 8.97. The fourth-order valence-corrected chi connectivity index (χ4v) is 1.38. The molecule has 1 aromatic heterocycles. The lowest BCUT2D eigenvalue weighted by Crippen LogP contribution is -2.38. The van der Waals surface area contributed by atoms with E-state index in [1.165, 1.54) is 17.2 Å². The monoisotopic (exact) mass is 264 g/mol. The highest BCUT2D eigenvalue weighted by molar-refractivity contribution is 5.97. The van der Waals surface area contributed by atoms with Gasteiger partial charge in [-0.3, -0.25) is 9.78 Å². The van der Waals surface area contributed by atoms with Crippen LogP contribution in [-0.2, 0) is 4.79 Å². The first-order valence-corrected chi connectivity index (χ1v) is 5.71. The van der Waals surface area contributed by atoms with Gasteiger partial charge in [-0.1, -0.05) is 6.07 Å². The van der Waals surface area contributed by atoms with E-state index in [4.69, 9.17) is 10.2 Å². The Balaban J connectivity index is 3.06. The molecule has 0 aliphatic rings. The molecule has 1 atom stereocenters. The Bertz CT molecular complexity index is 499. The number of aliphatic hydroxyl groups is 1. The Morgan fingerprint density at radius 3 is 2.79 bits per heavy atom. The molecule has 0 spiro atoms. The number of aromatic nitrogens is 1. The molecule has 1 rings (SSSR count). The molecule has 6 heteroatoms. The molecule has 0 radical (unpaired) electrons. The lowest BCUT2D eigenvalue weighted by Gasteiger charge is -2.23. The van der Waals surface area contributed by atoms with Crippen LogP contribution in [0.2, 0.25) is 0 Å². The SMILES string of the molecule is CC(CO)N(C)C(=O)c1ncccc1/C=C/C(=O)O. The van der Waals surface area contributed by atoms with Crippen LogP contribution in [0.5, 0.6) is 0 Å². The van der Waals surface area contributed by atoms with Crippen LogP contribution in [0.3, 0.4) is 0 Å². The number of aliphatic hydroxyl groups excluding tert-OH is 1. The number of carbonyl (C=O) groups excluding carboxylic acids is 1. The second-order valence-electron chi connectivity index (χ2n) is 4.06. The molecular weight excluding hydrogens is 248 g/mol. The molecule has 19 heavy (non-hydrogen) atoms. The third-order valence-electron chi connectivity index (χ3n) is 2.69. The van der Waals surface area contributed by atoms with Gasteiger partial charge in [-0.15, -0.1) is 0 Å². The van der Waals surface area contributed by atoms with Crippen LogP contribution >= 0.6 is 0 Å². The first-order valence-electron chi connectivity index (χ1n) is 5.71. The summed E-state index contributed by atoms with van der Waals surface area (Å²) in [4.78, 5) is 28.0. The summed E-state index contributed by atoms with van der Waals surface area (Å²) in [6, 6.07) is 2.89. The van der Waals surface area contributed by atoms with Crippen molar-refractivity contribution in [2.45, 2.75) is 13.0 Å². The average Bonchev–Trinajstić information content (AvgIpc) is 2.42. The molecule has 1 unspecified atom stereocenters. The number of hydrogen-bond donors (Lipinski definition) is 2. The smallest absolute Gasteiger partial charge is 0.328 e. The molecular formula is C13H16N2O4. The van der Waals surface area contributed by atoms with Gasteiger partial charge in [0.1, 0.15) is 5.69 Å². The van der Waals surface area contributed by atoms with Crippen molar-refractivity contribution in [1.29, 1.82) is 0 Å². The number of hydrogen-bond acceptors (Lipinski definition) is 4. The van der Waals surface area contributed by atoms with E-state index in [9.17, 15) is 9.59 Å². The summed E-state index contributed by atoms with van der Waals surface area (Å²) in [5, 5.41) is 17.6. The number of likely N-dealkylation sites (N-methyl/N-ethyl adjacent to an activating group) is 1. The molecule has 0 fully saturated rings. The number of carboxylic acids is 1. The van der Waals surface area contributed by atoms with Crippen LogP contribution in [-0.4, -0.2) is 51.7 Å². The minimum absolute atomic E-state index is 0.155. The van der Waals surface area contributed by atoms with Crippen molar-refractivity contribution in [2.24, 2.45) is 0 Å². The molecule has 1 amide bonds. The van der Waals surface area contributed by atoms with Gasteiger partial charge in [0.15, 0.2) is 0 Å². The predicted molar refractivity (Wildman–Crippen MR) is 69.5 cm³/mol. The van der Waals surface area contributed by atoms with E-state index in [0.29, 0.717) is 5.56 Å². The minimum Gasteiger partial charge on any atom is -0.478 e. The number of carbonyl (C=O) groups is 2. The van der Waals surface area contributed by atoms with Crippen LogP contribution in [0.4, 0.5) is 0 Å². The van der Waals surface area contributed by atoms with Gasteiger partial charge in [0.2, 0.25) is 0 Å². The summed E-state index contributed by atoms with van der Waals surface area (Å²) in [6.07, 6.45) is 3.73. The van der Waals surface area contributed by atoms with E-state index in [1.807, 2.05) is 0 Å². The number of nitrogens with zero attached hydrogens (tertiary/aromatic N) is 2. The fraction of sp³-hybridized carbons (Fsp3) is 0.308. The Hall–Kier alpha value is -2.21. The van der Waals surface area contributed by atoms with Crippen molar-refractivity contribution in [3.05, 3.63) is 35.7 Å². The number of aliphatic carboxylic acids is 1. The van der Waals surface area contributed by atoms with Gasteiger partial charge in [-0.05, 0) is 19.1 Å². The molecule has 2 N–H and O–H groups in total. The van der Waals surface area contributed by atoms with Gasteiger partial charge in [0, 0.05) is 24.9 Å². The lowest BCUT2D eigenvalue weighted by molar-refractivity contribution is -0.131. The predicted octanol–water partition coefficient (Wildman–Crippen LogP) is 0.632. The quantitative estimate of drug-likeness (QED) is 0.761. The van der Waals surface area contributed by atoms with Crippen molar-refractivity contribution in [3.63, 3.8) is 0 Å². The topological polar surface area (TPSA) is 90.7 Å². The van der Waals surface area contributed by atoms with Gasteiger partial charge in [-0.25, -0.2) is 4.79 Å². The summed E-state index contributed by atoms with van der Waals surface area (Å²) in [6.45, 7) is 1.54. The molecule has 0 saturated heterocycles. The maximum absolute atomic E-state index is 12.2. The van der Waals surface area contributed by atoms with E-state index >= 15 is 0 Å². The van der Waals surface area contributed by atoms with Crippen LogP contribution in [0.25, 0.3) is 6.08 Å². The summed E-state index contributed by atoms with van der Waals surface area (Å²) in [5.41, 5.74) is 0.578. The molecule has 0 aliphatic carbocycles. The van der Waals surface area contributed by atoms with Crippen LogP contribution < -0.4 is 0 Å². The van der Waals surface area contributed by atoms with Crippen molar-refractivity contribution in [2.75, 3.05) is 13.7 Å². The second-order valence-corrected chi connectivity index (χ2v) is 4.06. The molecule has 1 heterocycles. The van der Waals surface area contributed by atoms with E-state index < -0.39 is 5.97 Å². The Kier molecular flexibility index (Phi) is 5.20. The molecule has 0 saturated carbocycles. The average molecular weight is 264 g/mol. The standard InChI is InChI=1S/C13H16N2O4/c1-9(8-16)15(2)13(19)12-10(4-3-7-14-12)5-6-11(17)18/h3-7,9,16H,8H2,1-2H3,(H,17,18)/b6-5+. The zero-order valence-corrected chi connectivity index (χ0v) is 10.8. The Labute approximate surface area is 111 Å². The highest BCUT2D eigenvalue weighted by Crippen LogP contribution is 2.11. The third-order valence-corrected chi connectivity index (χ3v) is 2.69. The van der Waals surface area contributed by atoms with Crippen LogP contribution in [0, 0.1) is 0 Å². The molecule has 6 nitrogen and oxygen atoms in total. The van der Waals surface area contributed by atoms with E-state index in [-0.39, 0.29) is 24.2 Å².